The molecule has 0 saturated heterocycles. The molecule has 0 saturated carbocycles. The van der Waals surface area contributed by atoms with Crippen molar-refractivity contribution in [3.63, 3.8) is 0 Å². The van der Waals surface area contributed by atoms with Gasteiger partial charge in [0.1, 0.15) is 36.4 Å². The summed E-state index contributed by atoms with van der Waals surface area (Å²) in [5.41, 5.74) is 1.52. The number of hydrogen-bond donors (Lipinski definition) is 1. The van der Waals surface area contributed by atoms with Crippen molar-refractivity contribution in [1.29, 1.82) is 5.26 Å². The number of carbonyl (C=O) groups is 1. The van der Waals surface area contributed by atoms with E-state index in [1.807, 2.05) is 19.1 Å². The van der Waals surface area contributed by atoms with Crippen LogP contribution in [0.3, 0.4) is 0 Å². The van der Waals surface area contributed by atoms with Crippen molar-refractivity contribution in [1.82, 2.24) is 5.32 Å². The number of rotatable bonds is 10. The van der Waals surface area contributed by atoms with E-state index in [1.54, 1.807) is 42.5 Å². The van der Waals surface area contributed by atoms with Gasteiger partial charge in [-0.15, -0.1) is 0 Å². The van der Waals surface area contributed by atoms with Crippen LogP contribution in [0.1, 0.15) is 16.9 Å². The number of halogens is 1. The molecule has 1 aromatic heterocycles. The van der Waals surface area contributed by atoms with Gasteiger partial charge in [0.15, 0.2) is 11.5 Å². The summed E-state index contributed by atoms with van der Waals surface area (Å²) in [4.78, 5) is 12.3. The highest BCUT2D eigenvalue weighted by Crippen LogP contribution is 2.29. The third kappa shape index (κ3) is 6.79. The lowest BCUT2D eigenvalue weighted by Crippen LogP contribution is -2.23. The molecule has 3 aromatic rings. The van der Waals surface area contributed by atoms with E-state index in [-0.39, 0.29) is 12.1 Å². The summed E-state index contributed by atoms with van der Waals surface area (Å²) in [5, 5.41) is 12.7. The maximum Gasteiger partial charge on any atom is 0.262 e. The molecule has 1 heterocycles. The zero-order valence-electron chi connectivity index (χ0n) is 18.3. The van der Waals surface area contributed by atoms with Gasteiger partial charge in [-0.25, -0.2) is 0 Å². The van der Waals surface area contributed by atoms with Crippen LogP contribution >= 0.6 is 11.6 Å². The molecule has 1 amide bonds. The smallest absolute Gasteiger partial charge is 0.262 e. The minimum Gasteiger partial charge on any atom is -0.493 e. The fraction of sp³-hybridized carbons (Fsp3) is 0.200. The van der Waals surface area contributed by atoms with Crippen LogP contribution in [0, 0.1) is 18.3 Å². The molecule has 0 aliphatic carbocycles. The third-order valence-corrected chi connectivity index (χ3v) is 5.03. The van der Waals surface area contributed by atoms with Crippen molar-refractivity contribution in [3.8, 4) is 23.3 Å². The Hall–Kier alpha value is -3.89. The summed E-state index contributed by atoms with van der Waals surface area (Å²) in [6.45, 7) is 2.73. The van der Waals surface area contributed by atoms with E-state index in [2.05, 4.69) is 5.32 Å². The molecule has 0 fully saturated rings. The van der Waals surface area contributed by atoms with Gasteiger partial charge >= 0.3 is 0 Å². The molecule has 8 heteroatoms. The van der Waals surface area contributed by atoms with Crippen LogP contribution < -0.4 is 19.5 Å². The number of furan rings is 1. The van der Waals surface area contributed by atoms with Gasteiger partial charge in [-0.05, 0) is 66.6 Å². The highest BCUT2D eigenvalue weighted by atomic mass is 35.5. The van der Waals surface area contributed by atoms with Gasteiger partial charge in [0.05, 0.1) is 19.9 Å². The molecule has 0 spiro atoms. The molecule has 0 aliphatic heterocycles. The highest BCUT2D eigenvalue weighted by Gasteiger charge is 2.11. The second-order valence-electron chi connectivity index (χ2n) is 6.95. The normalized spacial score (nSPS) is 10.9. The predicted octanol–water partition coefficient (Wildman–Crippen LogP) is 4.93. The number of amides is 1. The van der Waals surface area contributed by atoms with Crippen LogP contribution in [0.2, 0.25) is 5.02 Å². The first-order valence-electron chi connectivity index (χ1n) is 10.1. The van der Waals surface area contributed by atoms with Crippen LogP contribution in [0.5, 0.6) is 17.2 Å². The first kappa shape index (κ1) is 23.8. The maximum atomic E-state index is 12.3. The van der Waals surface area contributed by atoms with E-state index in [1.165, 1.54) is 19.4 Å². The summed E-state index contributed by atoms with van der Waals surface area (Å²) in [6.07, 6.45) is 3.00. The Bertz CT molecular complexity index is 1170. The largest absolute Gasteiger partial charge is 0.493 e. The number of nitrogens with zero attached hydrogens (tertiary/aromatic N) is 1. The van der Waals surface area contributed by atoms with Crippen LogP contribution in [0.4, 0.5) is 0 Å². The molecule has 0 atom stereocenters. The van der Waals surface area contributed by atoms with Gasteiger partial charge in [0.25, 0.3) is 5.91 Å². The first-order valence-corrected chi connectivity index (χ1v) is 10.5. The molecule has 0 bridgehead atoms. The fourth-order valence-electron chi connectivity index (χ4n) is 2.90. The summed E-state index contributed by atoms with van der Waals surface area (Å²) in [6, 6.07) is 16.0. The van der Waals surface area contributed by atoms with Crippen LogP contribution in [0.15, 0.2) is 64.8 Å². The number of ether oxygens (including phenoxy) is 3. The van der Waals surface area contributed by atoms with Crippen LogP contribution in [-0.4, -0.2) is 26.2 Å². The van der Waals surface area contributed by atoms with Crippen molar-refractivity contribution in [2.75, 3.05) is 20.3 Å². The summed E-state index contributed by atoms with van der Waals surface area (Å²) in [5.74, 6) is 1.80. The number of hydrogen-bond acceptors (Lipinski definition) is 6. The van der Waals surface area contributed by atoms with E-state index in [4.69, 9.17) is 30.2 Å². The Morgan fingerprint density at radius 2 is 1.97 bits per heavy atom. The second kappa shape index (κ2) is 11.7. The van der Waals surface area contributed by atoms with Gasteiger partial charge in [-0.2, -0.15) is 5.26 Å². The Balaban J connectivity index is 1.58. The zero-order valence-corrected chi connectivity index (χ0v) is 19.0. The second-order valence-corrected chi connectivity index (χ2v) is 7.36. The molecule has 7 nitrogen and oxygen atoms in total. The summed E-state index contributed by atoms with van der Waals surface area (Å²) in [7, 11) is 1.52. The number of aryl methyl sites for hydroxylation is 1. The van der Waals surface area contributed by atoms with Crippen molar-refractivity contribution >= 4 is 23.6 Å². The molecule has 170 valence electrons. The predicted molar refractivity (Wildman–Crippen MR) is 124 cm³/mol. The maximum absolute atomic E-state index is 12.3. The van der Waals surface area contributed by atoms with Crippen molar-refractivity contribution in [2.45, 2.75) is 13.5 Å². The lowest BCUT2D eigenvalue weighted by atomic mass is 10.1. The van der Waals surface area contributed by atoms with Crippen molar-refractivity contribution < 1.29 is 23.4 Å². The van der Waals surface area contributed by atoms with E-state index in [0.29, 0.717) is 46.8 Å². The minimum atomic E-state index is -0.497. The van der Waals surface area contributed by atoms with E-state index in [9.17, 15) is 10.1 Å². The number of nitriles is 1. The number of carbonyl (C=O) groups excluding carboxylic acids is 1. The quantitative estimate of drug-likeness (QED) is 0.258. The SMILES string of the molecule is COc1cc(C=C(C#N)C(=O)NCc2ccco2)ccc1OCCOc1ccc(Cl)c(C)c1. The fourth-order valence-corrected chi connectivity index (χ4v) is 3.02. The van der Waals surface area contributed by atoms with E-state index in [0.717, 1.165) is 5.56 Å². The summed E-state index contributed by atoms with van der Waals surface area (Å²) >= 11 is 6.02. The Morgan fingerprint density at radius 1 is 1.15 bits per heavy atom. The topological polar surface area (TPSA) is 93.7 Å². The molecule has 3 rings (SSSR count). The third-order valence-electron chi connectivity index (χ3n) is 4.61. The zero-order chi connectivity index (χ0) is 23.6. The minimum absolute atomic E-state index is 0.0380. The van der Waals surface area contributed by atoms with E-state index >= 15 is 0 Å². The lowest BCUT2D eigenvalue weighted by molar-refractivity contribution is -0.117. The molecule has 0 aliphatic rings. The molecule has 33 heavy (non-hydrogen) atoms. The van der Waals surface area contributed by atoms with Crippen molar-refractivity contribution in [3.05, 3.63) is 82.3 Å². The van der Waals surface area contributed by atoms with Gasteiger partial charge in [0, 0.05) is 5.02 Å². The van der Waals surface area contributed by atoms with Gasteiger partial charge in [-0.3, -0.25) is 4.79 Å². The molecule has 0 unspecified atom stereocenters. The lowest BCUT2D eigenvalue weighted by Gasteiger charge is -2.12. The summed E-state index contributed by atoms with van der Waals surface area (Å²) < 4.78 is 22.0. The number of nitrogens with one attached hydrogen (secondary N) is 1. The average Bonchev–Trinajstić information content (AvgIpc) is 3.35. The van der Waals surface area contributed by atoms with E-state index < -0.39 is 5.91 Å². The molecule has 1 N–H and O–H groups in total. The first-order chi connectivity index (χ1) is 16.0. The Kier molecular flexibility index (Phi) is 8.39. The number of benzene rings is 2. The van der Waals surface area contributed by atoms with Gasteiger partial charge in [-0.1, -0.05) is 17.7 Å². The average molecular weight is 467 g/mol. The highest BCUT2D eigenvalue weighted by molar-refractivity contribution is 6.31. The van der Waals surface area contributed by atoms with Crippen LogP contribution in [-0.2, 0) is 11.3 Å². The van der Waals surface area contributed by atoms with Crippen molar-refractivity contribution in [2.24, 2.45) is 0 Å². The monoisotopic (exact) mass is 466 g/mol. The Labute approximate surface area is 197 Å². The molecule has 0 radical (unpaired) electrons. The standard InChI is InChI=1S/C25H23ClN2O5/c1-17-12-20(6-7-22(17)26)32-10-11-33-23-8-5-18(14-24(23)30-2)13-19(15-27)25(29)28-16-21-4-3-9-31-21/h3-9,12-14H,10-11,16H2,1-2H3,(H,28,29). The Morgan fingerprint density at radius 3 is 2.67 bits per heavy atom. The van der Waals surface area contributed by atoms with Crippen LogP contribution in [0.25, 0.3) is 6.08 Å². The molecular formula is C25H23ClN2O5. The van der Waals surface area contributed by atoms with Gasteiger partial charge in [0.2, 0.25) is 0 Å². The van der Waals surface area contributed by atoms with Gasteiger partial charge < -0.3 is 23.9 Å². The molecule has 2 aromatic carbocycles. The number of methoxy groups -OCH3 is 1. The molecular weight excluding hydrogens is 444 g/mol.